The SMILES string of the molecule is Cn1c2c(c3ccccc31)CC(NC(=O)COc1ccccc1)CC2. The van der Waals surface area contributed by atoms with Gasteiger partial charge in [0.25, 0.3) is 5.91 Å². The lowest BCUT2D eigenvalue weighted by Gasteiger charge is -2.24. The number of nitrogens with one attached hydrogen (secondary N) is 1. The molecule has 4 nitrogen and oxygen atoms in total. The highest BCUT2D eigenvalue weighted by Gasteiger charge is 2.25. The Morgan fingerprint density at radius 1 is 1.16 bits per heavy atom. The quantitative estimate of drug-likeness (QED) is 0.796. The molecule has 4 heteroatoms. The van der Waals surface area contributed by atoms with Gasteiger partial charge in [-0.3, -0.25) is 4.79 Å². The van der Waals surface area contributed by atoms with Crippen LogP contribution in [0.5, 0.6) is 5.75 Å². The van der Waals surface area contributed by atoms with E-state index in [1.165, 1.54) is 22.2 Å². The van der Waals surface area contributed by atoms with Crippen molar-refractivity contribution in [2.24, 2.45) is 7.05 Å². The normalized spacial score (nSPS) is 16.4. The molecule has 0 radical (unpaired) electrons. The molecule has 2 aromatic carbocycles. The van der Waals surface area contributed by atoms with E-state index in [9.17, 15) is 4.79 Å². The summed E-state index contributed by atoms with van der Waals surface area (Å²) in [7, 11) is 2.13. The fourth-order valence-electron chi connectivity index (χ4n) is 3.79. The van der Waals surface area contributed by atoms with Crippen molar-refractivity contribution in [1.29, 1.82) is 0 Å². The van der Waals surface area contributed by atoms with Gasteiger partial charge in [-0.1, -0.05) is 36.4 Å². The summed E-state index contributed by atoms with van der Waals surface area (Å²) in [6.45, 7) is 0.0584. The van der Waals surface area contributed by atoms with E-state index in [1.807, 2.05) is 30.3 Å². The van der Waals surface area contributed by atoms with Gasteiger partial charge < -0.3 is 14.6 Å². The zero-order valence-corrected chi connectivity index (χ0v) is 14.4. The van der Waals surface area contributed by atoms with Gasteiger partial charge in [0.05, 0.1) is 0 Å². The molecular weight excluding hydrogens is 312 g/mol. The fraction of sp³-hybridized carbons (Fsp3) is 0.286. The van der Waals surface area contributed by atoms with Crippen molar-refractivity contribution in [3.05, 3.63) is 65.9 Å². The number of fused-ring (bicyclic) bond motifs is 3. The number of aryl methyl sites for hydroxylation is 1. The Bertz CT molecular complexity index is 899. The molecule has 3 aromatic rings. The third-order valence-corrected chi connectivity index (χ3v) is 5.00. The second-order valence-electron chi connectivity index (χ2n) is 6.61. The van der Waals surface area contributed by atoms with Crippen molar-refractivity contribution < 1.29 is 9.53 Å². The van der Waals surface area contributed by atoms with Gasteiger partial charge in [-0.2, -0.15) is 0 Å². The molecule has 1 heterocycles. The summed E-state index contributed by atoms with van der Waals surface area (Å²) >= 11 is 0. The van der Waals surface area contributed by atoms with Crippen molar-refractivity contribution in [2.75, 3.05) is 6.61 Å². The number of nitrogens with zero attached hydrogens (tertiary/aromatic N) is 1. The van der Waals surface area contributed by atoms with Crippen molar-refractivity contribution in [2.45, 2.75) is 25.3 Å². The lowest BCUT2D eigenvalue weighted by atomic mass is 9.91. The molecule has 0 bridgehead atoms. The van der Waals surface area contributed by atoms with Crippen molar-refractivity contribution in [1.82, 2.24) is 9.88 Å². The lowest BCUT2D eigenvalue weighted by molar-refractivity contribution is -0.123. The summed E-state index contributed by atoms with van der Waals surface area (Å²) in [5.41, 5.74) is 4.04. The first-order valence-electron chi connectivity index (χ1n) is 8.75. The fourth-order valence-corrected chi connectivity index (χ4v) is 3.79. The largest absolute Gasteiger partial charge is 0.484 e. The topological polar surface area (TPSA) is 43.3 Å². The van der Waals surface area contributed by atoms with Crippen LogP contribution in [-0.2, 0) is 24.7 Å². The molecule has 1 aliphatic rings. The molecule has 0 spiro atoms. The average Bonchev–Trinajstić information content (AvgIpc) is 2.93. The summed E-state index contributed by atoms with van der Waals surface area (Å²) < 4.78 is 7.83. The smallest absolute Gasteiger partial charge is 0.258 e. The predicted molar refractivity (Wildman–Crippen MR) is 98.8 cm³/mol. The van der Waals surface area contributed by atoms with Crippen molar-refractivity contribution >= 4 is 16.8 Å². The van der Waals surface area contributed by atoms with Gasteiger partial charge in [-0.05, 0) is 43.0 Å². The molecular formula is C21H22N2O2. The number of amides is 1. The lowest BCUT2D eigenvalue weighted by Crippen LogP contribution is -2.41. The van der Waals surface area contributed by atoms with Gasteiger partial charge in [0, 0.05) is 29.7 Å². The predicted octanol–water partition coefficient (Wildman–Crippen LogP) is 3.23. The Hall–Kier alpha value is -2.75. The van der Waals surface area contributed by atoms with E-state index in [1.54, 1.807) is 0 Å². The van der Waals surface area contributed by atoms with E-state index in [0.717, 1.165) is 25.0 Å². The molecule has 1 aliphatic carbocycles. The zero-order chi connectivity index (χ0) is 17.2. The Morgan fingerprint density at radius 3 is 2.76 bits per heavy atom. The Morgan fingerprint density at radius 2 is 1.92 bits per heavy atom. The van der Waals surface area contributed by atoms with E-state index in [0.29, 0.717) is 0 Å². The molecule has 0 aliphatic heterocycles. The molecule has 1 atom stereocenters. The number of benzene rings is 2. The number of rotatable bonds is 4. The third kappa shape index (κ3) is 3.12. The number of carbonyl (C=O) groups is 1. The van der Waals surface area contributed by atoms with Crippen LogP contribution in [0.4, 0.5) is 0 Å². The highest BCUT2D eigenvalue weighted by Crippen LogP contribution is 2.31. The first kappa shape index (κ1) is 15.8. The number of hydrogen-bond donors (Lipinski definition) is 1. The van der Waals surface area contributed by atoms with Gasteiger partial charge in [-0.15, -0.1) is 0 Å². The Kier molecular flexibility index (Phi) is 4.18. The Balaban J connectivity index is 1.42. The van der Waals surface area contributed by atoms with Gasteiger partial charge in [0.15, 0.2) is 6.61 Å². The number of carbonyl (C=O) groups excluding carboxylic acids is 1. The maximum Gasteiger partial charge on any atom is 0.258 e. The minimum atomic E-state index is -0.0578. The van der Waals surface area contributed by atoms with Gasteiger partial charge in [0.2, 0.25) is 0 Å². The Labute approximate surface area is 147 Å². The molecule has 1 amide bonds. The van der Waals surface area contributed by atoms with Crippen molar-refractivity contribution in [3.8, 4) is 5.75 Å². The third-order valence-electron chi connectivity index (χ3n) is 5.00. The number of ether oxygens (including phenoxy) is 1. The van der Waals surface area contributed by atoms with E-state index in [-0.39, 0.29) is 18.6 Å². The number of aromatic nitrogens is 1. The van der Waals surface area contributed by atoms with E-state index in [4.69, 9.17) is 4.74 Å². The van der Waals surface area contributed by atoms with E-state index >= 15 is 0 Å². The molecule has 1 N–H and O–H groups in total. The minimum absolute atomic E-state index is 0.0578. The van der Waals surface area contributed by atoms with Gasteiger partial charge in [-0.25, -0.2) is 0 Å². The van der Waals surface area contributed by atoms with Crippen LogP contribution >= 0.6 is 0 Å². The highest BCUT2D eigenvalue weighted by atomic mass is 16.5. The molecule has 1 aromatic heterocycles. The molecule has 128 valence electrons. The summed E-state index contributed by atoms with van der Waals surface area (Å²) in [6, 6.07) is 18.1. The molecule has 0 saturated carbocycles. The van der Waals surface area contributed by atoms with Crippen molar-refractivity contribution in [3.63, 3.8) is 0 Å². The summed E-state index contributed by atoms with van der Waals surface area (Å²) in [5, 5.41) is 4.44. The van der Waals surface area contributed by atoms with Crippen LogP contribution in [0.15, 0.2) is 54.6 Å². The van der Waals surface area contributed by atoms with Gasteiger partial charge >= 0.3 is 0 Å². The van der Waals surface area contributed by atoms with E-state index < -0.39 is 0 Å². The summed E-state index contributed by atoms with van der Waals surface area (Å²) in [5.74, 6) is 0.662. The second kappa shape index (κ2) is 6.63. The first-order chi connectivity index (χ1) is 12.2. The molecule has 25 heavy (non-hydrogen) atoms. The van der Waals surface area contributed by atoms with Crippen LogP contribution in [0.1, 0.15) is 17.7 Å². The summed E-state index contributed by atoms with van der Waals surface area (Å²) in [6.07, 6.45) is 2.84. The maximum atomic E-state index is 12.2. The number of para-hydroxylation sites is 2. The van der Waals surface area contributed by atoms with Crippen LogP contribution in [0.3, 0.4) is 0 Å². The second-order valence-corrected chi connectivity index (χ2v) is 6.61. The van der Waals surface area contributed by atoms with Gasteiger partial charge in [0.1, 0.15) is 5.75 Å². The minimum Gasteiger partial charge on any atom is -0.484 e. The standard InChI is InChI=1S/C21H22N2O2/c1-23-19-10-6-5-9-17(19)18-13-15(11-12-20(18)23)22-21(24)14-25-16-7-3-2-4-8-16/h2-10,15H,11-14H2,1H3,(H,22,24). The number of hydrogen-bond acceptors (Lipinski definition) is 2. The average molecular weight is 334 g/mol. The maximum absolute atomic E-state index is 12.2. The van der Waals surface area contributed by atoms with Crippen LogP contribution in [0, 0.1) is 0 Å². The molecule has 0 saturated heterocycles. The van der Waals surface area contributed by atoms with Crippen LogP contribution in [0.25, 0.3) is 10.9 Å². The molecule has 4 rings (SSSR count). The molecule has 1 unspecified atom stereocenters. The van der Waals surface area contributed by atoms with E-state index in [2.05, 4.69) is 41.2 Å². The first-order valence-corrected chi connectivity index (χ1v) is 8.75. The van der Waals surface area contributed by atoms with Crippen LogP contribution in [0.2, 0.25) is 0 Å². The zero-order valence-electron chi connectivity index (χ0n) is 14.4. The molecule has 0 fully saturated rings. The van der Waals surface area contributed by atoms with Crippen LogP contribution < -0.4 is 10.1 Å². The highest BCUT2D eigenvalue weighted by molar-refractivity contribution is 5.86. The van der Waals surface area contributed by atoms with Crippen LogP contribution in [-0.4, -0.2) is 23.1 Å². The monoisotopic (exact) mass is 334 g/mol. The summed E-state index contributed by atoms with van der Waals surface area (Å²) in [4.78, 5) is 12.2.